The standard InChI is InChI=1S/C9H11N3O3/c10-5-4-9(13)11-7-2-1-3-8(6-7)12(14)15/h1-3,6H,4-5,10H2,(H,11,13). The molecular weight excluding hydrogens is 198 g/mol. The van der Waals surface area contributed by atoms with E-state index in [1.165, 1.54) is 18.2 Å². The summed E-state index contributed by atoms with van der Waals surface area (Å²) < 4.78 is 0. The molecule has 0 fully saturated rings. The summed E-state index contributed by atoms with van der Waals surface area (Å²) in [5.41, 5.74) is 5.54. The summed E-state index contributed by atoms with van der Waals surface area (Å²) in [5.74, 6) is -0.252. The molecule has 0 unspecified atom stereocenters. The van der Waals surface area contributed by atoms with Gasteiger partial charge in [-0.15, -0.1) is 0 Å². The average molecular weight is 209 g/mol. The van der Waals surface area contributed by atoms with Crippen molar-refractivity contribution < 1.29 is 9.72 Å². The molecule has 1 amide bonds. The number of nitrogens with two attached hydrogens (primary N) is 1. The minimum Gasteiger partial charge on any atom is -0.330 e. The van der Waals surface area contributed by atoms with Gasteiger partial charge in [0.2, 0.25) is 5.91 Å². The van der Waals surface area contributed by atoms with Crippen molar-refractivity contribution in [3.8, 4) is 0 Å². The van der Waals surface area contributed by atoms with Crippen molar-refractivity contribution in [2.75, 3.05) is 11.9 Å². The van der Waals surface area contributed by atoms with Gasteiger partial charge in [-0.1, -0.05) is 6.07 Å². The van der Waals surface area contributed by atoms with Crippen LogP contribution < -0.4 is 11.1 Å². The van der Waals surface area contributed by atoms with Gasteiger partial charge in [-0.3, -0.25) is 14.9 Å². The Labute approximate surface area is 86.2 Å². The number of benzene rings is 1. The molecule has 0 bridgehead atoms. The van der Waals surface area contributed by atoms with Crippen molar-refractivity contribution in [3.05, 3.63) is 34.4 Å². The van der Waals surface area contributed by atoms with E-state index >= 15 is 0 Å². The molecule has 80 valence electrons. The van der Waals surface area contributed by atoms with Gasteiger partial charge in [-0.05, 0) is 6.07 Å². The quantitative estimate of drug-likeness (QED) is 0.568. The van der Waals surface area contributed by atoms with Crippen LogP contribution in [0.15, 0.2) is 24.3 Å². The summed E-state index contributed by atoms with van der Waals surface area (Å²) in [4.78, 5) is 21.1. The van der Waals surface area contributed by atoms with Gasteiger partial charge >= 0.3 is 0 Å². The van der Waals surface area contributed by atoms with Crippen LogP contribution >= 0.6 is 0 Å². The van der Waals surface area contributed by atoms with Gasteiger partial charge in [0, 0.05) is 30.8 Å². The summed E-state index contributed by atoms with van der Waals surface area (Å²) >= 11 is 0. The van der Waals surface area contributed by atoms with E-state index < -0.39 is 4.92 Å². The van der Waals surface area contributed by atoms with E-state index in [1.807, 2.05) is 0 Å². The molecular formula is C9H11N3O3. The highest BCUT2D eigenvalue weighted by Crippen LogP contribution is 2.16. The van der Waals surface area contributed by atoms with Crippen molar-refractivity contribution in [2.24, 2.45) is 5.73 Å². The van der Waals surface area contributed by atoms with E-state index in [1.54, 1.807) is 6.07 Å². The summed E-state index contributed by atoms with van der Waals surface area (Å²) in [7, 11) is 0. The predicted octanol–water partition coefficient (Wildman–Crippen LogP) is 0.882. The summed E-state index contributed by atoms with van der Waals surface area (Å²) in [5, 5.41) is 13.0. The van der Waals surface area contributed by atoms with Crippen LogP contribution in [0.1, 0.15) is 6.42 Å². The minimum absolute atomic E-state index is 0.0550. The van der Waals surface area contributed by atoms with E-state index in [0.717, 1.165) is 0 Å². The maximum Gasteiger partial charge on any atom is 0.271 e. The number of carbonyl (C=O) groups excluding carboxylic acids is 1. The Morgan fingerprint density at radius 1 is 1.53 bits per heavy atom. The lowest BCUT2D eigenvalue weighted by Gasteiger charge is -2.03. The summed E-state index contributed by atoms with van der Waals surface area (Å²) in [6.07, 6.45) is 0.197. The molecule has 0 aliphatic carbocycles. The highest BCUT2D eigenvalue weighted by Gasteiger charge is 2.07. The van der Waals surface area contributed by atoms with Gasteiger partial charge < -0.3 is 11.1 Å². The summed E-state index contributed by atoms with van der Waals surface area (Å²) in [6, 6.07) is 5.75. The van der Waals surface area contributed by atoms with Gasteiger partial charge in [0.25, 0.3) is 5.69 Å². The van der Waals surface area contributed by atoms with E-state index in [4.69, 9.17) is 5.73 Å². The molecule has 1 rings (SSSR count). The normalized spacial score (nSPS) is 9.67. The monoisotopic (exact) mass is 209 g/mol. The Morgan fingerprint density at radius 2 is 2.27 bits per heavy atom. The first-order valence-corrected chi connectivity index (χ1v) is 4.38. The molecule has 3 N–H and O–H groups in total. The number of hydrogen-bond donors (Lipinski definition) is 2. The first kappa shape index (κ1) is 11.1. The number of nitrogens with one attached hydrogen (secondary N) is 1. The highest BCUT2D eigenvalue weighted by atomic mass is 16.6. The van der Waals surface area contributed by atoms with Crippen molar-refractivity contribution in [1.82, 2.24) is 0 Å². The van der Waals surface area contributed by atoms with E-state index in [0.29, 0.717) is 5.69 Å². The number of carbonyl (C=O) groups is 1. The van der Waals surface area contributed by atoms with Crippen LogP contribution in [0.4, 0.5) is 11.4 Å². The second kappa shape index (κ2) is 5.06. The molecule has 0 radical (unpaired) electrons. The smallest absolute Gasteiger partial charge is 0.271 e. The number of nitro groups is 1. The predicted molar refractivity (Wildman–Crippen MR) is 55.4 cm³/mol. The van der Waals surface area contributed by atoms with E-state index in [2.05, 4.69) is 5.32 Å². The van der Waals surface area contributed by atoms with Crippen molar-refractivity contribution in [1.29, 1.82) is 0 Å². The zero-order valence-corrected chi connectivity index (χ0v) is 7.97. The molecule has 0 saturated carbocycles. The lowest BCUT2D eigenvalue weighted by Crippen LogP contribution is -2.16. The lowest BCUT2D eigenvalue weighted by molar-refractivity contribution is -0.384. The van der Waals surface area contributed by atoms with E-state index in [9.17, 15) is 14.9 Å². The maximum atomic E-state index is 11.1. The molecule has 0 saturated heterocycles. The van der Waals surface area contributed by atoms with Gasteiger partial charge in [-0.2, -0.15) is 0 Å². The highest BCUT2D eigenvalue weighted by molar-refractivity contribution is 5.91. The molecule has 0 spiro atoms. The molecule has 0 aliphatic rings. The molecule has 0 atom stereocenters. The zero-order valence-electron chi connectivity index (χ0n) is 7.97. The molecule has 6 nitrogen and oxygen atoms in total. The first-order valence-electron chi connectivity index (χ1n) is 4.38. The topological polar surface area (TPSA) is 98.3 Å². The van der Waals surface area contributed by atoms with Crippen LogP contribution in [0.2, 0.25) is 0 Å². The van der Waals surface area contributed by atoms with Crippen molar-refractivity contribution in [3.63, 3.8) is 0 Å². The largest absolute Gasteiger partial charge is 0.330 e. The first-order chi connectivity index (χ1) is 7.13. The molecule has 6 heteroatoms. The van der Waals surface area contributed by atoms with Gasteiger partial charge in [-0.25, -0.2) is 0 Å². The number of nitro benzene ring substituents is 1. The third-order valence-corrected chi connectivity index (χ3v) is 1.71. The molecule has 1 aromatic carbocycles. The Morgan fingerprint density at radius 3 is 2.87 bits per heavy atom. The lowest BCUT2D eigenvalue weighted by atomic mass is 10.2. The minimum atomic E-state index is -0.515. The third-order valence-electron chi connectivity index (χ3n) is 1.71. The fourth-order valence-corrected chi connectivity index (χ4v) is 1.05. The van der Waals surface area contributed by atoms with Crippen LogP contribution in [0, 0.1) is 10.1 Å². The van der Waals surface area contributed by atoms with Gasteiger partial charge in [0.1, 0.15) is 0 Å². The maximum absolute atomic E-state index is 11.1. The SMILES string of the molecule is NCCC(=O)Nc1cccc([N+](=O)[O-])c1. The van der Waals surface area contributed by atoms with Crippen molar-refractivity contribution >= 4 is 17.3 Å². The Balaban J connectivity index is 2.73. The Hall–Kier alpha value is -1.95. The third kappa shape index (κ3) is 3.35. The van der Waals surface area contributed by atoms with Crippen LogP contribution in [0.25, 0.3) is 0 Å². The Kier molecular flexibility index (Phi) is 3.75. The average Bonchev–Trinajstić information content (AvgIpc) is 2.18. The molecule has 0 aromatic heterocycles. The van der Waals surface area contributed by atoms with Crippen LogP contribution in [0.5, 0.6) is 0 Å². The number of non-ortho nitro benzene ring substituents is 1. The fourth-order valence-electron chi connectivity index (χ4n) is 1.05. The molecule has 0 aliphatic heterocycles. The number of anilines is 1. The summed E-state index contributed by atoms with van der Waals surface area (Å²) in [6.45, 7) is 0.251. The van der Waals surface area contributed by atoms with Crippen LogP contribution in [-0.2, 0) is 4.79 Å². The van der Waals surface area contributed by atoms with Crippen molar-refractivity contribution in [2.45, 2.75) is 6.42 Å². The second-order valence-electron chi connectivity index (χ2n) is 2.89. The molecule has 1 aromatic rings. The molecule has 0 heterocycles. The zero-order chi connectivity index (χ0) is 11.3. The second-order valence-corrected chi connectivity index (χ2v) is 2.89. The van der Waals surface area contributed by atoms with Gasteiger partial charge in [0.05, 0.1) is 4.92 Å². The number of rotatable bonds is 4. The number of nitrogens with zero attached hydrogens (tertiary/aromatic N) is 1. The Bertz CT molecular complexity index is 379. The fraction of sp³-hybridized carbons (Fsp3) is 0.222. The number of amides is 1. The molecule has 15 heavy (non-hydrogen) atoms. The van der Waals surface area contributed by atoms with E-state index in [-0.39, 0.29) is 24.6 Å². The van der Waals surface area contributed by atoms with Crippen LogP contribution in [0.3, 0.4) is 0 Å². The van der Waals surface area contributed by atoms with Crippen LogP contribution in [-0.4, -0.2) is 17.4 Å². The number of hydrogen-bond acceptors (Lipinski definition) is 4. The van der Waals surface area contributed by atoms with Gasteiger partial charge in [0.15, 0.2) is 0 Å².